The Morgan fingerprint density at radius 2 is 1.86 bits per heavy atom. The van der Waals surface area contributed by atoms with Crippen LogP contribution in [0.2, 0.25) is 0 Å². The summed E-state index contributed by atoms with van der Waals surface area (Å²) in [7, 11) is 1.69. The lowest BCUT2D eigenvalue weighted by atomic mass is 9.87. The van der Waals surface area contributed by atoms with E-state index in [1.807, 2.05) is 19.9 Å². The Balaban J connectivity index is 1.90. The van der Waals surface area contributed by atoms with Crippen molar-refractivity contribution in [1.82, 2.24) is 9.97 Å². The number of hydrogen-bond donors (Lipinski definition) is 1. The van der Waals surface area contributed by atoms with Crippen LogP contribution in [0.15, 0.2) is 36.7 Å². The van der Waals surface area contributed by atoms with Crippen LogP contribution >= 0.6 is 0 Å². The van der Waals surface area contributed by atoms with Crippen LogP contribution in [0.4, 0.5) is 11.6 Å². The maximum Gasteiger partial charge on any atom is 0.256 e. The molecule has 1 aliphatic heterocycles. The van der Waals surface area contributed by atoms with Crippen molar-refractivity contribution in [1.29, 1.82) is 0 Å². The van der Waals surface area contributed by atoms with Gasteiger partial charge in [-0.25, -0.2) is 4.98 Å². The van der Waals surface area contributed by atoms with E-state index >= 15 is 0 Å². The zero-order valence-corrected chi connectivity index (χ0v) is 12.6. The van der Waals surface area contributed by atoms with Gasteiger partial charge in [0.25, 0.3) is 5.91 Å². The van der Waals surface area contributed by atoms with E-state index in [2.05, 4.69) is 15.3 Å². The molecular weight excluding hydrogens is 280 g/mol. The largest absolute Gasteiger partial charge is 0.306 e. The third-order valence-corrected chi connectivity index (χ3v) is 3.89. The minimum absolute atomic E-state index is 0.00684. The number of anilines is 2. The summed E-state index contributed by atoms with van der Waals surface area (Å²) in [5.74, 6) is 0.731. The van der Waals surface area contributed by atoms with E-state index < -0.39 is 5.41 Å². The first-order chi connectivity index (χ1) is 10.4. The van der Waals surface area contributed by atoms with Gasteiger partial charge in [0.05, 0.1) is 5.41 Å². The maximum atomic E-state index is 12.2. The summed E-state index contributed by atoms with van der Waals surface area (Å²) in [5.41, 5.74) is 0.772. The van der Waals surface area contributed by atoms with E-state index in [1.165, 1.54) is 4.90 Å². The van der Waals surface area contributed by atoms with Crippen LogP contribution in [0, 0.1) is 0 Å². The molecule has 22 heavy (non-hydrogen) atoms. The van der Waals surface area contributed by atoms with Crippen LogP contribution in [0.3, 0.4) is 0 Å². The van der Waals surface area contributed by atoms with Crippen molar-refractivity contribution in [3.63, 3.8) is 0 Å². The van der Waals surface area contributed by atoms with E-state index in [9.17, 15) is 9.59 Å². The van der Waals surface area contributed by atoms with Crippen molar-refractivity contribution in [2.24, 2.45) is 0 Å². The zero-order chi connectivity index (χ0) is 15.9. The van der Waals surface area contributed by atoms with Gasteiger partial charge in [-0.05, 0) is 32.0 Å². The molecule has 0 saturated heterocycles. The molecule has 0 bridgehead atoms. The Labute approximate surface area is 128 Å². The Morgan fingerprint density at radius 3 is 2.55 bits per heavy atom. The highest BCUT2D eigenvalue weighted by Gasteiger charge is 2.43. The summed E-state index contributed by atoms with van der Waals surface area (Å²) in [6, 6.07) is 6.81. The first-order valence-electron chi connectivity index (χ1n) is 6.92. The third kappa shape index (κ3) is 2.13. The topological polar surface area (TPSA) is 75.2 Å². The molecule has 2 aromatic rings. The highest BCUT2D eigenvalue weighted by atomic mass is 16.2. The van der Waals surface area contributed by atoms with Crippen molar-refractivity contribution in [3.8, 4) is 0 Å². The molecule has 1 aliphatic rings. The molecule has 0 aromatic carbocycles. The lowest BCUT2D eigenvalue weighted by molar-refractivity contribution is -0.121. The summed E-state index contributed by atoms with van der Waals surface area (Å²) >= 11 is 0. The van der Waals surface area contributed by atoms with Gasteiger partial charge in [0, 0.05) is 30.6 Å². The average molecular weight is 296 g/mol. The van der Waals surface area contributed by atoms with Gasteiger partial charge >= 0.3 is 0 Å². The number of rotatable bonds is 2. The summed E-state index contributed by atoms with van der Waals surface area (Å²) in [6.07, 6.45) is 3.11. The number of nitrogens with one attached hydrogen (secondary N) is 1. The SMILES string of the molecule is CN1C(=O)C(C)(C)c2ccc(NC(=O)c3ccncc3)nc21. The summed E-state index contributed by atoms with van der Waals surface area (Å²) in [6.45, 7) is 3.74. The van der Waals surface area contributed by atoms with Crippen LogP contribution in [0.25, 0.3) is 0 Å². The fourth-order valence-corrected chi connectivity index (χ4v) is 2.58. The van der Waals surface area contributed by atoms with Gasteiger partial charge in [-0.1, -0.05) is 6.07 Å². The summed E-state index contributed by atoms with van der Waals surface area (Å²) in [5, 5.41) is 2.73. The number of amides is 2. The number of pyridine rings is 2. The number of aromatic nitrogens is 2. The first-order valence-corrected chi connectivity index (χ1v) is 6.92. The molecule has 1 N–H and O–H groups in total. The van der Waals surface area contributed by atoms with Crippen LogP contribution in [0.5, 0.6) is 0 Å². The second-order valence-corrected chi connectivity index (χ2v) is 5.75. The van der Waals surface area contributed by atoms with Gasteiger partial charge < -0.3 is 5.32 Å². The number of hydrogen-bond acceptors (Lipinski definition) is 4. The Bertz CT molecular complexity index is 756. The molecule has 0 spiro atoms. The van der Waals surface area contributed by atoms with E-state index in [0.29, 0.717) is 17.2 Å². The molecule has 2 aromatic heterocycles. The number of carbonyl (C=O) groups is 2. The smallest absolute Gasteiger partial charge is 0.256 e. The first kappa shape index (κ1) is 14.2. The van der Waals surface area contributed by atoms with Crippen LogP contribution < -0.4 is 10.2 Å². The predicted octanol–water partition coefficient (Wildman–Crippen LogP) is 1.98. The fraction of sp³-hybridized carbons (Fsp3) is 0.250. The van der Waals surface area contributed by atoms with Crippen LogP contribution in [-0.4, -0.2) is 28.8 Å². The number of nitrogens with zero attached hydrogens (tertiary/aromatic N) is 3. The molecule has 0 saturated carbocycles. The Morgan fingerprint density at radius 1 is 1.18 bits per heavy atom. The molecule has 3 heterocycles. The monoisotopic (exact) mass is 296 g/mol. The van der Waals surface area contributed by atoms with E-state index in [-0.39, 0.29) is 11.8 Å². The summed E-state index contributed by atoms with van der Waals surface area (Å²) < 4.78 is 0. The molecule has 0 fully saturated rings. The second-order valence-electron chi connectivity index (χ2n) is 5.75. The quantitative estimate of drug-likeness (QED) is 0.919. The van der Waals surface area contributed by atoms with Crippen molar-refractivity contribution in [2.75, 3.05) is 17.3 Å². The molecule has 3 rings (SSSR count). The summed E-state index contributed by atoms with van der Waals surface area (Å²) in [4.78, 5) is 34.2. The number of fused-ring (bicyclic) bond motifs is 1. The second kappa shape index (κ2) is 4.91. The number of likely N-dealkylation sites (N-methyl/N-ethyl adjacent to an activating group) is 1. The lowest BCUT2D eigenvalue weighted by Gasteiger charge is -2.15. The van der Waals surface area contributed by atoms with Gasteiger partial charge in [0.15, 0.2) is 0 Å². The standard InChI is InChI=1S/C16H16N4O2/c1-16(2)11-4-5-12(18-13(11)20(3)15(16)22)19-14(21)10-6-8-17-9-7-10/h4-9H,1-3H3,(H,18,19,21). The van der Waals surface area contributed by atoms with E-state index in [4.69, 9.17) is 0 Å². The molecule has 0 unspecified atom stereocenters. The molecule has 112 valence electrons. The molecule has 0 radical (unpaired) electrons. The number of carbonyl (C=O) groups excluding carboxylic acids is 2. The van der Waals surface area contributed by atoms with Crippen molar-refractivity contribution < 1.29 is 9.59 Å². The normalized spacial score (nSPS) is 15.6. The Kier molecular flexibility index (Phi) is 3.16. The fourth-order valence-electron chi connectivity index (χ4n) is 2.58. The third-order valence-electron chi connectivity index (χ3n) is 3.89. The molecule has 0 atom stereocenters. The highest BCUT2D eigenvalue weighted by Crippen LogP contribution is 2.39. The molecule has 2 amide bonds. The highest BCUT2D eigenvalue weighted by molar-refractivity contribution is 6.07. The van der Waals surface area contributed by atoms with Crippen molar-refractivity contribution >= 4 is 23.5 Å². The van der Waals surface area contributed by atoms with Gasteiger partial charge in [-0.2, -0.15) is 0 Å². The Hall–Kier alpha value is -2.76. The maximum absolute atomic E-state index is 12.2. The van der Waals surface area contributed by atoms with Gasteiger partial charge in [-0.15, -0.1) is 0 Å². The molecular formula is C16H16N4O2. The van der Waals surface area contributed by atoms with Crippen LogP contribution in [-0.2, 0) is 10.2 Å². The average Bonchev–Trinajstić information content (AvgIpc) is 2.69. The van der Waals surface area contributed by atoms with E-state index in [0.717, 1.165) is 5.56 Å². The lowest BCUT2D eigenvalue weighted by Crippen LogP contribution is -2.33. The van der Waals surface area contributed by atoms with Gasteiger partial charge in [0.2, 0.25) is 5.91 Å². The zero-order valence-electron chi connectivity index (χ0n) is 12.6. The van der Waals surface area contributed by atoms with Crippen LogP contribution in [0.1, 0.15) is 29.8 Å². The van der Waals surface area contributed by atoms with Crippen molar-refractivity contribution in [2.45, 2.75) is 19.3 Å². The van der Waals surface area contributed by atoms with Crippen molar-refractivity contribution in [3.05, 3.63) is 47.8 Å². The van der Waals surface area contributed by atoms with E-state index in [1.54, 1.807) is 37.6 Å². The minimum atomic E-state index is -0.593. The molecule has 6 nitrogen and oxygen atoms in total. The predicted molar refractivity (Wildman–Crippen MR) is 82.9 cm³/mol. The molecule has 0 aliphatic carbocycles. The minimum Gasteiger partial charge on any atom is -0.306 e. The van der Waals surface area contributed by atoms with Gasteiger partial charge in [0.1, 0.15) is 11.6 Å². The molecule has 6 heteroatoms. The van der Waals surface area contributed by atoms with Gasteiger partial charge in [-0.3, -0.25) is 19.5 Å².